The average Bonchev–Trinajstić information content (AvgIpc) is 3.07. The highest BCUT2D eigenvalue weighted by atomic mass is 16.6. The van der Waals surface area contributed by atoms with Gasteiger partial charge in [-0.25, -0.2) is 0 Å². The summed E-state index contributed by atoms with van der Waals surface area (Å²) < 4.78 is 17.1. The second kappa shape index (κ2) is 7.20. The molecule has 7 atom stereocenters. The average molecular weight is 392 g/mol. The van der Waals surface area contributed by atoms with Gasteiger partial charge >= 0.3 is 17.9 Å². The smallest absolute Gasteiger partial charge is 0.320 e. The Morgan fingerprint density at radius 2 is 2.00 bits per heavy atom. The fraction of sp³-hybridized carbons (Fsp3) is 0.773. The van der Waals surface area contributed by atoms with Gasteiger partial charge in [0.2, 0.25) is 0 Å². The molecule has 6 heteroatoms. The largest absolute Gasteiger partial charge is 0.462 e. The van der Waals surface area contributed by atoms with E-state index in [2.05, 4.69) is 20.4 Å². The van der Waals surface area contributed by atoms with E-state index in [0.29, 0.717) is 24.8 Å². The summed E-state index contributed by atoms with van der Waals surface area (Å²) in [7, 11) is 0. The molecule has 0 N–H and O–H groups in total. The van der Waals surface area contributed by atoms with Crippen LogP contribution in [0.1, 0.15) is 60.3 Å². The van der Waals surface area contributed by atoms with Crippen molar-refractivity contribution in [2.45, 2.75) is 72.5 Å². The monoisotopic (exact) mass is 392 g/mol. The van der Waals surface area contributed by atoms with Crippen molar-refractivity contribution < 1.29 is 28.6 Å². The molecule has 3 rings (SSSR count). The highest BCUT2D eigenvalue weighted by Crippen LogP contribution is 2.66. The van der Waals surface area contributed by atoms with Gasteiger partial charge in [0.15, 0.2) is 0 Å². The van der Waals surface area contributed by atoms with Crippen molar-refractivity contribution in [1.82, 2.24) is 0 Å². The van der Waals surface area contributed by atoms with Crippen LogP contribution in [-0.4, -0.2) is 36.7 Å². The minimum Gasteiger partial charge on any atom is -0.462 e. The van der Waals surface area contributed by atoms with Gasteiger partial charge in [-0.1, -0.05) is 34.3 Å². The van der Waals surface area contributed by atoms with E-state index in [1.165, 1.54) is 6.92 Å². The number of carbonyl (C=O) groups excluding carboxylic acids is 3. The summed E-state index contributed by atoms with van der Waals surface area (Å²) in [5.41, 5.74) is -0.728. The number of carbonyl (C=O) groups is 3. The maximum atomic E-state index is 13.0. The molecular weight excluding hydrogens is 360 g/mol. The predicted molar refractivity (Wildman–Crippen MR) is 102 cm³/mol. The number of hydrogen-bond donors (Lipinski definition) is 0. The first-order valence-corrected chi connectivity index (χ1v) is 10.3. The number of cyclic esters (lactones) is 1. The molecule has 2 saturated carbocycles. The van der Waals surface area contributed by atoms with Crippen LogP contribution in [0.4, 0.5) is 0 Å². The van der Waals surface area contributed by atoms with Crippen molar-refractivity contribution in [1.29, 1.82) is 0 Å². The van der Waals surface area contributed by atoms with Crippen LogP contribution < -0.4 is 0 Å². The molecule has 1 heterocycles. The third kappa shape index (κ3) is 2.96. The van der Waals surface area contributed by atoms with Gasteiger partial charge in [-0.2, -0.15) is 0 Å². The highest BCUT2D eigenvalue weighted by molar-refractivity contribution is 5.86. The predicted octanol–water partition coefficient (Wildman–Crippen LogP) is 3.43. The van der Waals surface area contributed by atoms with E-state index < -0.39 is 17.6 Å². The number of esters is 3. The maximum Gasteiger partial charge on any atom is 0.320 e. The maximum absolute atomic E-state index is 13.0. The van der Waals surface area contributed by atoms with Gasteiger partial charge in [-0.05, 0) is 42.6 Å². The quantitative estimate of drug-likeness (QED) is 0.414. The minimum atomic E-state index is -1.06. The SMILES string of the molecule is C=C1COC(=O)[C@]12C[C@@]1(C)[C@H]([C@@H](OC(C)=O)CC[C@@H]1C)[C@H]2OC(=O)[C@@H](C)CC. The van der Waals surface area contributed by atoms with Crippen molar-refractivity contribution in [3.05, 3.63) is 12.2 Å². The van der Waals surface area contributed by atoms with Crippen LogP contribution in [0.2, 0.25) is 0 Å². The van der Waals surface area contributed by atoms with E-state index in [4.69, 9.17) is 14.2 Å². The van der Waals surface area contributed by atoms with Crippen LogP contribution in [0.15, 0.2) is 12.2 Å². The Labute approximate surface area is 167 Å². The molecule has 0 radical (unpaired) electrons. The van der Waals surface area contributed by atoms with Gasteiger partial charge in [0, 0.05) is 12.8 Å². The molecule has 1 saturated heterocycles. The van der Waals surface area contributed by atoms with E-state index in [0.717, 1.165) is 6.42 Å². The topological polar surface area (TPSA) is 78.9 Å². The fourth-order valence-electron chi connectivity index (χ4n) is 5.51. The molecule has 0 aromatic rings. The standard InChI is InChI=1S/C22H32O6/c1-7-12(2)19(24)28-18-17-16(27-15(5)23)9-8-13(3)21(17,6)11-22(18)14(4)10-26-20(22)25/h12-13,16-18H,4,7-11H2,1-3,5-6H3/t12-,13-,16-,17+,18+,21+,22+/m0/s1. The fourth-order valence-corrected chi connectivity index (χ4v) is 5.51. The van der Waals surface area contributed by atoms with Gasteiger partial charge in [-0.3, -0.25) is 14.4 Å². The first kappa shape index (κ1) is 20.9. The Morgan fingerprint density at radius 3 is 2.54 bits per heavy atom. The van der Waals surface area contributed by atoms with Crippen LogP contribution in [0, 0.1) is 28.6 Å². The molecule has 3 fully saturated rings. The number of hydrogen-bond acceptors (Lipinski definition) is 6. The van der Waals surface area contributed by atoms with Crippen molar-refractivity contribution in [3.63, 3.8) is 0 Å². The van der Waals surface area contributed by atoms with E-state index in [1.807, 2.05) is 13.8 Å². The Balaban J connectivity index is 2.09. The molecule has 3 aliphatic rings. The molecule has 1 aliphatic heterocycles. The van der Waals surface area contributed by atoms with Gasteiger partial charge in [0.1, 0.15) is 24.2 Å². The Bertz CT molecular complexity index is 681. The van der Waals surface area contributed by atoms with E-state index >= 15 is 0 Å². The summed E-state index contributed by atoms with van der Waals surface area (Å²) in [5, 5.41) is 0. The van der Waals surface area contributed by atoms with Crippen LogP contribution in [-0.2, 0) is 28.6 Å². The van der Waals surface area contributed by atoms with Crippen molar-refractivity contribution in [2.24, 2.45) is 28.6 Å². The van der Waals surface area contributed by atoms with Gasteiger partial charge in [-0.15, -0.1) is 0 Å². The summed E-state index contributed by atoms with van der Waals surface area (Å²) in [6.45, 7) is 13.7. The molecule has 0 unspecified atom stereocenters. The lowest BCUT2D eigenvalue weighted by Crippen LogP contribution is -2.50. The van der Waals surface area contributed by atoms with Gasteiger partial charge in [0.05, 0.1) is 5.92 Å². The van der Waals surface area contributed by atoms with Crippen molar-refractivity contribution in [3.8, 4) is 0 Å². The molecule has 2 aliphatic carbocycles. The second-order valence-corrected chi connectivity index (χ2v) is 9.15. The van der Waals surface area contributed by atoms with Crippen LogP contribution >= 0.6 is 0 Å². The second-order valence-electron chi connectivity index (χ2n) is 9.15. The third-order valence-corrected chi connectivity index (χ3v) is 7.59. The molecule has 1 spiro atoms. The molecule has 0 aromatic carbocycles. The summed E-state index contributed by atoms with van der Waals surface area (Å²) in [5.74, 6) is -1.32. The summed E-state index contributed by atoms with van der Waals surface area (Å²) >= 11 is 0. The summed E-state index contributed by atoms with van der Waals surface area (Å²) in [6, 6.07) is 0. The lowest BCUT2D eigenvalue weighted by atomic mass is 9.61. The Kier molecular flexibility index (Phi) is 5.36. The van der Waals surface area contributed by atoms with Gasteiger partial charge < -0.3 is 14.2 Å². The van der Waals surface area contributed by atoms with E-state index in [9.17, 15) is 14.4 Å². The van der Waals surface area contributed by atoms with Crippen LogP contribution in [0.3, 0.4) is 0 Å². The normalized spacial score (nSPS) is 40.8. The lowest BCUT2D eigenvalue weighted by Gasteiger charge is -2.46. The van der Waals surface area contributed by atoms with Crippen LogP contribution in [0.25, 0.3) is 0 Å². The van der Waals surface area contributed by atoms with Crippen molar-refractivity contribution in [2.75, 3.05) is 6.61 Å². The molecule has 6 nitrogen and oxygen atoms in total. The zero-order valence-corrected chi connectivity index (χ0v) is 17.6. The van der Waals surface area contributed by atoms with E-state index in [-0.39, 0.29) is 47.7 Å². The molecule has 28 heavy (non-hydrogen) atoms. The summed E-state index contributed by atoms with van der Waals surface area (Å²) in [6.07, 6.45) is 1.60. The molecular formula is C22H32O6. The first-order valence-electron chi connectivity index (χ1n) is 10.3. The number of fused-ring (bicyclic) bond motifs is 1. The number of rotatable bonds is 4. The van der Waals surface area contributed by atoms with Crippen LogP contribution in [0.5, 0.6) is 0 Å². The van der Waals surface area contributed by atoms with Crippen molar-refractivity contribution >= 4 is 17.9 Å². The number of ether oxygens (including phenoxy) is 3. The molecule has 0 bridgehead atoms. The third-order valence-electron chi connectivity index (χ3n) is 7.59. The summed E-state index contributed by atoms with van der Waals surface area (Å²) in [4.78, 5) is 37.5. The first-order chi connectivity index (χ1) is 13.1. The lowest BCUT2D eigenvalue weighted by molar-refractivity contribution is -0.177. The minimum absolute atomic E-state index is 0.144. The Hall–Kier alpha value is -1.85. The highest BCUT2D eigenvalue weighted by Gasteiger charge is 2.72. The zero-order valence-electron chi connectivity index (χ0n) is 17.6. The Morgan fingerprint density at radius 1 is 1.32 bits per heavy atom. The molecule has 0 amide bonds. The molecule has 0 aromatic heterocycles. The van der Waals surface area contributed by atoms with Gasteiger partial charge in [0.25, 0.3) is 0 Å². The van der Waals surface area contributed by atoms with E-state index in [1.54, 1.807) is 0 Å². The zero-order chi connectivity index (χ0) is 20.9. The molecule has 156 valence electrons.